The first-order valence-electron chi connectivity index (χ1n) is 9.31. The van der Waals surface area contributed by atoms with Crippen molar-refractivity contribution in [3.63, 3.8) is 0 Å². The summed E-state index contributed by atoms with van der Waals surface area (Å²) in [6.07, 6.45) is 3.85. The Labute approximate surface area is 174 Å². The predicted molar refractivity (Wildman–Crippen MR) is 112 cm³/mol. The summed E-state index contributed by atoms with van der Waals surface area (Å²) in [5.41, 5.74) is 0.804. The Morgan fingerprint density at radius 1 is 1.24 bits per heavy atom. The zero-order valence-corrected chi connectivity index (χ0v) is 17.1. The Balaban J connectivity index is 1.75. The largest absolute Gasteiger partial charge is 0.493 e. The van der Waals surface area contributed by atoms with Crippen molar-refractivity contribution in [1.82, 2.24) is 5.01 Å². The van der Waals surface area contributed by atoms with Crippen LogP contribution in [0.25, 0.3) is 0 Å². The lowest BCUT2D eigenvalue weighted by molar-refractivity contribution is -0.122. The van der Waals surface area contributed by atoms with Crippen molar-refractivity contribution in [3.8, 4) is 11.5 Å². The van der Waals surface area contributed by atoms with Crippen molar-refractivity contribution >= 4 is 29.4 Å². The summed E-state index contributed by atoms with van der Waals surface area (Å²) in [6.45, 7) is 0.604. The van der Waals surface area contributed by atoms with Gasteiger partial charge in [-0.3, -0.25) is 9.80 Å². The van der Waals surface area contributed by atoms with E-state index in [-0.39, 0.29) is 16.5 Å². The van der Waals surface area contributed by atoms with Gasteiger partial charge in [0, 0.05) is 23.9 Å². The molecule has 1 aliphatic rings. The number of hydrogen-bond donors (Lipinski definition) is 1. The van der Waals surface area contributed by atoms with Crippen LogP contribution in [-0.2, 0) is 4.79 Å². The number of methoxy groups -OCH3 is 2. The standard InChI is InChI=1S/C21H23ClFN3O3/c1-28-19-10-9-14(12-20(19)29-2)25-21(27)18-8-3-4-11-26(18)24-13-15-16(22)6-5-7-17(15)23/h5-7,9-10,12-13,18H,3-4,8,11H2,1-2H3,(H,25,27)/b24-13+. The molecule has 0 aliphatic carbocycles. The molecule has 2 aromatic rings. The fourth-order valence-corrected chi connectivity index (χ4v) is 3.44. The van der Waals surface area contributed by atoms with Gasteiger partial charge in [-0.15, -0.1) is 0 Å². The molecule has 1 unspecified atom stereocenters. The normalized spacial score (nSPS) is 16.7. The fraction of sp³-hybridized carbons (Fsp3) is 0.333. The molecule has 1 amide bonds. The maximum absolute atomic E-state index is 14.0. The van der Waals surface area contributed by atoms with Gasteiger partial charge in [-0.25, -0.2) is 4.39 Å². The zero-order valence-electron chi connectivity index (χ0n) is 16.3. The molecule has 6 nitrogen and oxygen atoms in total. The summed E-state index contributed by atoms with van der Waals surface area (Å²) in [7, 11) is 3.09. The molecule has 0 bridgehead atoms. The summed E-state index contributed by atoms with van der Waals surface area (Å²) in [6, 6.07) is 9.18. The lowest BCUT2D eigenvalue weighted by atomic mass is 10.0. The van der Waals surface area contributed by atoms with Crippen LogP contribution in [0.5, 0.6) is 11.5 Å². The summed E-state index contributed by atoms with van der Waals surface area (Å²) in [5.74, 6) is 0.465. The quantitative estimate of drug-likeness (QED) is 0.708. The van der Waals surface area contributed by atoms with Gasteiger partial charge in [-0.2, -0.15) is 5.10 Å². The van der Waals surface area contributed by atoms with E-state index in [1.54, 1.807) is 36.4 Å². The molecule has 1 aliphatic heterocycles. The minimum Gasteiger partial charge on any atom is -0.493 e. The number of ether oxygens (including phenoxy) is 2. The second kappa shape index (κ2) is 9.60. The molecule has 1 heterocycles. The summed E-state index contributed by atoms with van der Waals surface area (Å²) < 4.78 is 24.5. The number of rotatable bonds is 6. The molecule has 1 atom stereocenters. The van der Waals surface area contributed by atoms with Crippen molar-refractivity contribution in [2.45, 2.75) is 25.3 Å². The summed E-state index contributed by atoms with van der Waals surface area (Å²) in [5, 5.41) is 9.22. The van der Waals surface area contributed by atoms with E-state index in [2.05, 4.69) is 10.4 Å². The van der Waals surface area contributed by atoms with E-state index in [1.165, 1.54) is 25.5 Å². The highest BCUT2D eigenvalue weighted by Gasteiger charge is 2.28. The molecule has 29 heavy (non-hydrogen) atoms. The van der Waals surface area contributed by atoms with Crippen LogP contribution in [0, 0.1) is 5.82 Å². The van der Waals surface area contributed by atoms with Gasteiger partial charge < -0.3 is 14.8 Å². The highest BCUT2D eigenvalue weighted by Crippen LogP contribution is 2.30. The number of hydrogen-bond acceptors (Lipinski definition) is 5. The molecule has 0 spiro atoms. The fourth-order valence-electron chi connectivity index (χ4n) is 3.23. The van der Waals surface area contributed by atoms with Crippen molar-refractivity contribution in [3.05, 3.63) is 52.8 Å². The first-order chi connectivity index (χ1) is 14.0. The van der Waals surface area contributed by atoms with E-state index >= 15 is 0 Å². The van der Waals surface area contributed by atoms with Crippen LogP contribution < -0.4 is 14.8 Å². The van der Waals surface area contributed by atoms with E-state index in [4.69, 9.17) is 21.1 Å². The number of hydrazone groups is 1. The zero-order chi connectivity index (χ0) is 20.8. The van der Waals surface area contributed by atoms with E-state index in [9.17, 15) is 9.18 Å². The second-order valence-electron chi connectivity index (χ2n) is 6.61. The van der Waals surface area contributed by atoms with Crippen LogP contribution in [-0.4, -0.2) is 43.9 Å². The third kappa shape index (κ3) is 4.98. The van der Waals surface area contributed by atoms with Gasteiger partial charge in [-0.1, -0.05) is 17.7 Å². The Morgan fingerprint density at radius 2 is 2.03 bits per heavy atom. The average Bonchev–Trinajstić information content (AvgIpc) is 2.73. The van der Waals surface area contributed by atoms with E-state index in [1.807, 2.05) is 0 Å². The maximum Gasteiger partial charge on any atom is 0.248 e. The van der Waals surface area contributed by atoms with Gasteiger partial charge in [0.1, 0.15) is 11.9 Å². The van der Waals surface area contributed by atoms with Gasteiger partial charge in [-0.05, 0) is 43.5 Å². The summed E-state index contributed by atoms with van der Waals surface area (Å²) >= 11 is 6.06. The molecular weight excluding hydrogens is 397 g/mol. The molecule has 0 saturated carbocycles. The number of benzene rings is 2. The third-order valence-electron chi connectivity index (χ3n) is 4.76. The molecule has 1 N–H and O–H groups in total. The number of carbonyl (C=O) groups is 1. The minimum atomic E-state index is -0.460. The first kappa shape index (κ1) is 20.9. The topological polar surface area (TPSA) is 63.2 Å². The number of amides is 1. The Hall–Kier alpha value is -2.80. The number of nitrogens with zero attached hydrogens (tertiary/aromatic N) is 2. The number of nitrogens with one attached hydrogen (secondary N) is 1. The van der Waals surface area contributed by atoms with E-state index in [0.717, 1.165) is 12.8 Å². The molecule has 1 saturated heterocycles. The van der Waals surface area contributed by atoms with Gasteiger partial charge in [0.25, 0.3) is 0 Å². The van der Waals surface area contributed by atoms with Crippen LogP contribution in [0.4, 0.5) is 10.1 Å². The molecule has 1 fully saturated rings. The molecular formula is C21H23ClFN3O3. The van der Waals surface area contributed by atoms with Crippen LogP contribution in [0.1, 0.15) is 24.8 Å². The van der Waals surface area contributed by atoms with Gasteiger partial charge in [0.2, 0.25) is 5.91 Å². The van der Waals surface area contributed by atoms with Crippen LogP contribution in [0.2, 0.25) is 5.02 Å². The number of piperidine rings is 1. The molecule has 2 aromatic carbocycles. The Kier molecular flexibility index (Phi) is 6.93. The van der Waals surface area contributed by atoms with Crippen LogP contribution in [0.15, 0.2) is 41.5 Å². The monoisotopic (exact) mass is 419 g/mol. The molecule has 3 rings (SSSR count). The number of anilines is 1. The Bertz CT molecular complexity index is 886. The van der Waals surface area contributed by atoms with Crippen LogP contribution >= 0.6 is 11.6 Å². The van der Waals surface area contributed by atoms with E-state index in [0.29, 0.717) is 30.2 Å². The van der Waals surface area contributed by atoms with E-state index < -0.39 is 11.9 Å². The lowest BCUT2D eigenvalue weighted by Crippen LogP contribution is -2.44. The second-order valence-corrected chi connectivity index (χ2v) is 7.02. The third-order valence-corrected chi connectivity index (χ3v) is 5.09. The smallest absolute Gasteiger partial charge is 0.248 e. The molecule has 154 valence electrons. The predicted octanol–water partition coefficient (Wildman–Crippen LogP) is 4.32. The van der Waals surface area contributed by atoms with Crippen LogP contribution in [0.3, 0.4) is 0 Å². The maximum atomic E-state index is 14.0. The molecule has 8 heteroatoms. The van der Waals surface area contributed by atoms with Crippen molar-refractivity contribution in [2.75, 3.05) is 26.1 Å². The average molecular weight is 420 g/mol. The highest BCUT2D eigenvalue weighted by atomic mass is 35.5. The van der Waals surface area contributed by atoms with Crippen molar-refractivity contribution in [1.29, 1.82) is 0 Å². The van der Waals surface area contributed by atoms with Gasteiger partial charge >= 0.3 is 0 Å². The summed E-state index contributed by atoms with van der Waals surface area (Å²) in [4.78, 5) is 12.9. The SMILES string of the molecule is COc1ccc(NC(=O)C2CCCCN2/N=C/c2c(F)cccc2Cl)cc1OC. The molecule has 0 radical (unpaired) electrons. The minimum absolute atomic E-state index is 0.186. The first-order valence-corrected chi connectivity index (χ1v) is 9.69. The highest BCUT2D eigenvalue weighted by molar-refractivity contribution is 6.33. The van der Waals surface area contributed by atoms with Gasteiger partial charge in [0.05, 0.1) is 25.5 Å². The van der Waals surface area contributed by atoms with Crippen molar-refractivity contribution < 1.29 is 18.7 Å². The Morgan fingerprint density at radius 3 is 2.76 bits per heavy atom. The lowest BCUT2D eigenvalue weighted by Gasteiger charge is -2.32. The molecule has 0 aromatic heterocycles. The number of carbonyl (C=O) groups excluding carboxylic acids is 1. The van der Waals surface area contributed by atoms with Gasteiger partial charge in [0.15, 0.2) is 11.5 Å². The number of halogens is 2. The van der Waals surface area contributed by atoms with Crippen molar-refractivity contribution in [2.24, 2.45) is 5.10 Å².